The number of hydrogen-bond acceptors (Lipinski definition) is 5. The lowest BCUT2D eigenvalue weighted by molar-refractivity contribution is 0.0472. The van der Waals surface area contributed by atoms with Crippen LogP contribution in [0.1, 0.15) is 15.9 Å². The molecular formula is C14H12ClNO4S. The van der Waals surface area contributed by atoms with Crippen LogP contribution in [0.25, 0.3) is 0 Å². The number of carbonyl (C=O) groups is 1. The van der Waals surface area contributed by atoms with E-state index in [1.807, 2.05) is 0 Å². The van der Waals surface area contributed by atoms with Gasteiger partial charge in [-0.3, -0.25) is 4.98 Å². The van der Waals surface area contributed by atoms with Gasteiger partial charge in [0.1, 0.15) is 6.61 Å². The Morgan fingerprint density at radius 2 is 2.10 bits per heavy atom. The van der Waals surface area contributed by atoms with Crippen LogP contribution in [0.4, 0.5) is 0 Å². The highest BCUT2D eigenvalue weighted by molar-refractivity contribution is 7.90. The topological polar surface area (TPSA) is 73.3 Å². The van der Waals surface area contributed by atoms with Crippen molar-refractivity contribution in [1.29, 1.82) is 0 Å². The van der Waals surface area contributed by atoms with Gasteiger partial charge in [0, 0.05) is 24.2 Å². The van der Waals surface area contributed by atoms with E-state index >= 15 is 0 Å². The van der Waals surface area contributed by atoms with Crippen molar-refractivity contribution in [2.45, 2.75) is 11.5 Å². The zero-order chi connectivity index (χ0) is 15.5. The maximum Gasteiger partial charge on any atom is 0.340 e. The van der Waals surface area contributed by atoms with E-state index in [-0.39, 0.29) is 22.1 Å². The Kier molecular flexibility index (Phi) is 4.59. The summed E-state index contributed by atoms with van der Waals surface area (Å²) in [6.07, 6.45) is 4.24. The molecule has 0 aliphatic rings. The number of hydrogen-bond donors (Lipinski definition) is 0. The van der Waals surface area contributed by atoms with Crippen LogP contribution in [0.5, 0.6) is 0 Å². The molecule has 0 fully saturated rings. The van der Waals surface area contributed by atoms with Crippen molar-refractivity contribution in [1.82, 2.24) is 4.98 Å². The highest BCUT2D eigenvalue weighted by Crippen LogP contribution is 2.21. The van der Waals surface area contributed by atoms with Crippen molar-refractivity contribution < 1.29 is 17.9 Å². The number of esters is 1. The van der Waals surface area contributed by atoms with Crippen LogP contribution in [-0.2, 0) is 21.2 Å². The molecule has 2 aromatic rings. The quantitative estimate of drug-likeness (QED) is 0.807. The number of pyridine rings is 1. The Morgan fingerprint density at radius 1 is 1.33 bits per heavy atom. The van der Waals surface area contributed by atoms with Gasteiger partial charge in [0.25, 0.3) is 0 Å². The molecule has 1 aromatic carbocycles. The molecule has 0 saturated carbocycles. The Labute approximate surface area is 127 Å². The Bertz CT molecular complexity index is 760. The molecule has 0 aliphatic heterocycles. The van der Waals surface area contributed by atoms with E-state index in [0.29, 0.717) is 0 Å². The number of carbonyl (C=O) groups excluding carboxylic acids is 1. The molecule has 1 aromatic heterocycles. The minimum absolute atomic E-state index is 0.0141. The van der Waals surface area contributed by atoms with Crippen molar-refractivity contribution >= 4 is 27.4 Å². The predicted octanol–water partition coefficient (Wildman–Crippen LogP) is 2.50. The van der Waals surface area contributed by atoms with Gasteiger partial charge in [0.05, 0.1) is 15.5 Å². The molecule has 0 amide bonds. The van der Waals surface area contributed by atoms with Crippen LogP contribution in [-0.4, -0.2) is 25.6 Å². The third-order valence-corrected chi connectivity index (χ3v) is 4.12. The average molecular weight is 326 g/mol. The molecule has 0 radical (unpaired) electrons. The fourth-order valence-corrected chi connectivity index (χ4v) is 2.44. The fraction of sp³-hybridized carbons (Fsp3) is 0.143. The summed E-state index contributed by atoms with van der Waals surface area (Å²) in [6.45, 7) is 0.0338. The third kappa shape index (κ3) is 4.03. The molecule has 0 saturated heterocycles. The van der Waals surface area contributed by atoms with Crippen LogP contribution >= 0.6 is 11.6 Å². The average Bonchev–Trinajstić information content (AvgIpc) is 2.45. The van der Waals surface area contributed by atoms with E-state index in [9.17, 15) is 13.2 Å². The molecule has 0 atom stereocenters. The van der Waals surface area contributed by atoms with Gasteiger partial charge in [-0.1, -0.05) is 17.7 Å². The molecule has 7 heteroatoms. The smallest absolute Gasteiger partial charge is 0.340 e. The molecular weight excluding hydrogens is 314 g/mol. The van der Waals surface area contributed by atoms with E-state index in [0.717, 1.165) is 11.8 Å². The van der Waals surface area contributed by atoms with Gasteiger partial charge in [-0.25, -0.2) is 13.2 Å². The minimum Gasteiger partial charge on any atom is -0.457 e. The molecule has 21 heavy (non-hydrogen) atoms. The van der Waals surface area contributed by atoms with Crippen LogP contribution < -0.4 is 0 Å². The summed E-state index contributed by atoms with van der Waals surface area (Å²) >= 11 is 5.91. The number of ether oxygens (including phenoxy) is 1. The van der Waals surface area contributed by atoms with Crippen molar-refractivity contribution in [3.05, 3.63) is 58.9 Å². The number of rotatable bonds is 4. The summed E-state index contributed by atoms with van der Waals surface area (Å²) in [4.78, 5) is 15.9. The molecule has 0 aliphatic carbocycles. The zero-order valence-corrected chi connectivity index (χ0v) is 12.7. The Hall–Kier alpha value is -1.92. The van der Waals surface area contributed by atoms with E-state index < -0.39 is 15.8 Å². The van der Waals surface area contributed by atoms with Gasteiger partial charge in [0.2, 0.25) is 0 Å². The Morgan fingerprint density at radius 3 is 2.71 bits per heavy atom. The first-order valence-electron chi connectivity index (χ1n) is 5.93. The fourth-order valence-electron chi connectivity index (χ4n) is 1.60. The van der Waals surface area contributed by atoms with Gasteiger partial charge in [-0.2, -0.15) is 0 Å². The first-order chi connectivity index (χ1) is 9.88. The summed E-state index contributed by atoms with van der Waals surface area (Å²) < 4.78 is 28.1. The number of halogens is 1. The van der Waals surface area contributed by atoms with Crippen molar-refractivity contribution in [3.63, 3.8) is 0 Å². The first kappa shape index (κ1) is 15.5. The maximum atomic E-state index is 12.0. The van der Waals surface area contributed by atoms with Crippen molar-refractivity contribution in [2.24, 2.45) is 0 Å². The highest BCUT2D eigenvalue weighted by Gasteiger charge is 2.16. The van der Waals surface area contributed by atoms with Gasteiger partial charge >= 0.3 is 5.97 Å². The van der Waals surface area contributed by atoms with Gasteiger partial charge < -0.3 is 4.74 Å². The Balaban J connectivity index is 2.19. The monoisotopic (exact) mass is 325 g/mol. The van der Waals surface area contributed by atoms with Gasteiger partial charge in [-0.15, -0.1) is 0 Å². The van der Waals surface area contributed by atoms with E-state index in [2.05, 4.69) is 4.98 Å². The summed E-state index contributed by atoms with van der Waals surface area (Å²) in [5, 5.41) is 0.138. The molecule has 110 valence electrons. The summed E-state index contributed by atoms with van der Waals surface area (Å²) in [6, 6.07) is 7.40. The normalized spacial score (nSPS) is 11.1. The highest BCUT2D eigenvalue weighted by atomic mass is 35.5. The number of benzene rings is 1. The molecule has 0 unspecified atom stereocenters. The molecule has 2 rings (SSSR count). The third-order valence-electron chi connectivity index (χ3n) is 2.68. The van der Waals surface area contributed by atoms with Gasteiger partial charge in [-0.05, 0) is 24.3 Å². The summed E-state index contributed by atoms with van der Waals surface area (Å²) in [7, 11) is -3.42. The molecule has 5 nitrogen and oxygen atoms in total. The van der Waals surface area contributed by atoms with Crippen molar-refractivity contribution in [3.8, 4) is 0 Å². The number of aromatic nitrogens is 1. The second kappa shape index (κ2) is 6.24. The van der Waals surface area contributed by atoms with Crippen LogP contribution in [0.2, 0.25) is 5.02 Å². The standard InChI is InChI=1S/C14H12ClNO4S/c1-21(18,19)11-4-5-13(15)12(7-11)14(17)20-9-10-3-2-6-16-8-10/h2-8H,9H2,1H3. The number of sulfone groups is 1. The van der Waals surface area contributed by atoms with Crippen LogP contribution in [0.15, 0.2) is 47.6 Å². The second-order valence-electron chi connectivity index (χ2n) is 4.35. The second-order valence-corrected chi connectivity index (χ2v) is 6.77. The van der Waals surface area contributed by atoms with Crippen LogP contribution in [0, 0.1) is 0 Å². The lowest BCUT2D eigenvalue weighted by atomic mass is 10.2. The number of nitrogens with zero attached hydrogens (tertiary/aromatic N) is 1. The SMILES string of the molecule is CS(=O)(=O)c1ccc(Cl)c(C(=O)OCc2cccnc2)c1. The molecule has 0 bridgehead atoms. The lowest BCUT2D eigenvalue weighted by Gasteiger charge is -2.07. The van der Waals surface area contributed by atoms with Crippen LogP contribution in [0.3, 0.4) is 0 Å². The van der Waals surface area contributed by atoms with E-state index in [1.165, 1.54) is 18.2 Å². The summed E-state index contributed by atoms with van der Waals surface area (Å²) in [5.41, 5.74) is 0.740. The first-order valence-corrected chi connectivity index (χ1v) is 8.20. The minimum atomic E-state index is -3.42. The van der Waals surface area contributed by atoms with E-state index in [1.54, 1.807) is 24.5 Å². The maximum absolute atomic E-state index is 12.0. The van der Waals surface area contributed by atoms with E-state index in [4.69, 9.17) is 16.3 Å². The largest absolute Gasteiger partial charge is 0.457 e. The van der Waals surface area contributed by atoms with Crippen molar-refractivity contribution in [2.75, 3.05) is 6.26 Å². The predicted molar refractivity (Wildman–Crippen MR) is 77.9 cm³/mol. The molecule has 1 heterocycles. The zero-order valence-electron chi connectivity index (χ0n) is 11.1. The lowest BCUT2D eigenvalue weighted by Crippen LogP contribution is -2.08. The van der Waals surface area contributed by atoms with Gasteiger partial charge in [0.15, 0.2) is 9.84 Å². The molecule has 0 spiro atoms. The molecule has 0 N–H and O–H groups in total. The summed E-state index contributed by atoms with van der Waals surface area (Å²) in [5.74, 6) is -0.686.